The molecule has 0 unspecified atom stereocenters. The van der Waals surface area contributed by atoms with E-state index < -0.39 is 28.4 Å². The minimum atomic E-state index is -1.08. The Labute approximate surface area is 177 Å². The summed E-state index contributed by atoms with van der Waals surface area (Å²) < 4.78 is 7.24. The molecule has 0 aliphatic heterocycles. The third-order valence-corrected chi connectivity index (χ3v) is 5.71. The van der Waals surface area contributed by atoms with Gasteiger partial charge in [0, 0.05) is 6.92 Å². The highest BCUT2D eigenvalue weighted by atomic mass is 32.2. The van der Waals surface area contributed by atoms with E-state index in [0.29, 0.717) is 5.69 Å². The Morgan fingerprint density at radius 1 is 1.07 bits per heavy atom. The van der Waals surface area contributed by atoms with Gasteiger partial charge >= 0.3 is 6.09 Å². The zero-order valence-electron chi connectivity index (χ0n) is 18.8. The number of nitrogens with zero attached hydrogens (tertiary/aromatic N) is 1. The second-order valence-electron chi connectivity index (χ2n) is 8.65. The molecule has 1 rings (SSSR count). The second kappa shape index (κ2) is 9.17. The first kappa shape index (κ1) is 25.0. The molecule has 1 atom stereocenters. The molecular formula is C21H33N3O4S. The highest BCUT2D eigenvalue weighted by Crippen LogP contribution is 2.31. The van der Waals surface area contributed by atoms with Crippen LogP contribution >= 0.6 is 11.9 Å². The summed E-state index contributed by atoms with van der Waals surface area (Å²) in [6.45, 7) is 15.8. The van der Waals surface area contributed by atoms with Crippen LogP contribution in [0.2, 0.25) is 0 Å². The van der Waals surface area contributed by atoms with Gasteiger partial charge in [-0.3, -0.25) is 14.3 Å². The Morgan fingerprint density at radius 2 is 1.62 bits per heavy atom. The summed E-state index contributed by atoms with van der Waals surface area (Å²) >= 11 is 1.05. The lowest BCUT2D eigenvalue weighted by Crippen LogP contribution is -2.56. The van der Waals surface area contributed by atoms with Crippen LogP contribution in [0.15, 0.2) is 12.1 Å². The minimum Gasteiger partial charge on any atom is -0.443 e. The maximum atomic E-state index is 13.4. The quantitative estimate of drug-likeness (QED) is 0.699. The van der Waals surface area contributed by atoms with Crippen molar-refractivity contribution in [3.63, 3.8) is 0 Å². The van der Waals surface area contributed by atoms with Crippen LogP contribution in [0.25, 0.3) is 0 Å². The molecule has 0 saturated heterocycles. The lowest BCUT2D eigenvalue weighted by Gasteiger charge is -2.34. The van der Waals surface area contributed by atoms with E-state index in [1.165, 1.54) is 6.92 Å². The lowest BCUT2D eigenvalue weighted by molar-refractivity contribution is -0.120. The predicted molar refractivity (Wildman–Crippen MR) is 118 cm³/mol. The van der Waals surface area contributed by atoms with Crippen LogP contribution < -0.4 is 15.4 Å². The number of rotatable bonds is 5. The van der Waals surface area contributed by atoms with Gasteiger partial charge in [-0.2, -0.15) is 0 Å². The molecule has 0 radical (unpaired) electrons. The molecule has 0 fully saturated rings. The number of benzene rings is 1. The van der Waals surface area contributed by atoms with Crippen LogP contribution in [0.1, 0.15) is 58.2 Å². The van der Waals surface area contributed by atoms with Gasteiger partial charge in [0.2, 0.25) is 5.91 Å². The van der Waals surface area contributed by atoms with E-state index in [1.807, 2.05) is 26.8 Å². The van der Waals surface area contributed by atoms with Crippen molar-refractivity contribution < 1.29 is 19.1 Å². The van der Waals surface area contributed by atoms with Gasteiger partial charge in [0.25, 0.3) is 5.91 Å². The number of amides is 3. The summed E-state index contributed by atoms with van der Waals surface area (Å²) in [4.78, 5) is 38.7. The van der Waals surface area contributed by atoms with Gasteiger partial charge in [-0.05, 0) is 90.1 Å². The summed E-state index contributed by atoms with van der Waals surface area (Å²) in [6, 6.07) is 2.50. The van der Waals surface area contributed by atoms with Gasteiger partial charge in [-0.1, -0.05) is 6.07 Å². The predicted octanol–water partition coefficient (Wildman–Crippen LogP) is 3.77. The fourth-order valence-corrected chi connectivity index (χ4v) is 3.14. The maximum absolute atomic E-state index is 13.4. The van der Waals surface area contributed by atoms with E-state index in [0.717, 1.165) is 33.5 Å². The van der Waals surface area contributed by atoms with Gasteiger partial charge < -0.3 is 10.5 Å². The third kappa shape index (κ3) is 6.47. The first-order valence-electron chi connectivity index (χ1n) is 9.42. The number of anilines is 1. The topological polar surface area (TPSA) is 102 Å². The second-order valence-corrected chi connectivity index (χ2v) is 10.1. The number of aryl methyl sites for hydroxylation is 1. The normalized spacial score (nSPS) is 12.9. The molecule has 0 heterocycles. The Morgan fingerprint density at radius 3 is 2.10 bits per heavy atom. The molecule has 0 aromatic heterocycles. The van der Waals surface area contributed by atoms with Crippen LogP contribution in [0, 0.1) is 20.8 Å². The molecule has 0 aliphatic carbocycles. The van der Waals surface area contributed by atoms with Crippen LogP contribution in [-0.2, 0) is 14.3 Å². The molecule has 0 bridgehead atoms. The Kier molecular flexibility index (Phi) is 7.90. The Bertz CT molecular complexity index is 800. The number of nitrogens with two attached hydrogens (primary N) is 1. The van der Waals surface area contributed by atoms with Crippen molar-refractivity contribution in [2.75, 3.05) is 4.90 Å². The number of hydrogen-bond donors (Lipinski definition) is 2. The van der Waals surface area contributed by atoms with Crippen LogP contribution in [0.3, 0.4) is 0 Å². The average molecular weight is 424 g/mol. The summed E-state index contributed by atoms with van der Waals surface area (Å²) in [7, 11) is 0. The molecule has 7 nitrogen and oxygen atoms in total. The van der Waals surface area contributed by atoms with Crippen molar-refractivity contribution in [2.24, 2.45) is 5.73 Å². The molecule has 29 heavy (non-hydrogen) atoms. The Balaban J connectivity index is 3.41. The number of nitrogens with one attached hydrogen (secondary N) is 1. The van der Waals surface area contributed by atoms with E-state index in [9.17, 15) is 14.4 Å². The minimum absolute atomic E-state index is 0.253. The number of hydrogen-bond acceptors (Lipinski definition) is 6. The zero-order chi connectivity index (χ0) is 22.7. The molecule has 0 aliphatic rings. The van der Waals surface area contributed by atoms with Crippen molar-refractivity contribution >= 4 is 35.5 Å². The number of imide groups is 1. The highest BCUT2D eigenvalue weighted by Gasteiger charge is 2.40. The van der Waals surface area contributed by atoms with Crippen LogP contribution in [-0.4, -0.2) is 34.3 Å². The first-order valence-corrected chi connectivity index (χ1v) is 10.2. The first-order chi connectivity index (χ1) is 13.1. The van der Waals surface area contributed by atoms with Gasteiger partial charge in [0.1, 0.15) is 11.6 Å². The van der Waals surface area contributed by atoms with E-state index in [-0.39, 0.29) is 5.91 Å². The van der Waals surface area contributed by atoms with Gasteiger partial charge in [-0.25, -0.2) is 9.69 Å². The maximum Gasteiger partial charge on any atom is 0.421 e. The molecule has 1 aromatic rings. The van der Waals surface area contributed by atoms with Gasteiger partial charge in [0.05, 0.1) is 10.4 Å². The fourth-order valence-electron chi connectivity index (χ4n) is 2.50. The van der Waals surface area contributed by atoms with Crippen molar-refractivity contribution in [1.29, 1.82) is 0 Å². The summed E-state index contributed by atoms with van der Waals surface area (Å²) in [5, 5.41) is 0. The average Bonchev–Trinajstić information content (AvgIpc) is 2.57. The SMILES string of the molecule is CC(=O)NSC(C)(C)[C@H](N)C(=O)N(C(=O)OC(C)(C)C)c1ccc(C)c(C)c1C. The number of ether oxygens (including phenoxy) is 1. The zero-order valence-corrected chi connectivity index (χ0v) is 19.6. The Hall–Kier alpha value is -2.06. The lowest BCUT2D eigenvalue weighted by atomic mass is 9.99. The standard InChI is InChI=1S/C21H33N3O4S/c1-12-10-11-16(14(3)13(12)2)24(19(27)28-20(5,6)7)18(26)17(22)21(8,9)29-23-15(4)25/h10-11,17H,22H2,1-9H3,(H,23,25)/t17-/m1/s1. The van der Waals surface area contributed by atoms with Crippen molar-refractivity contribution in [3.8, 4) is 0 Å². The molecule has 0 saturated carbocycles. The van der Waals surface area contributed by atoms with E-state index >= 15 is 0 Å². The molecule has 1 aromatic carbocycles. The molecule has 3 N–H and O–H groups in total. The smallest absolute Gasteiger partial charge is 0.421 e. The largest absolute Gasteiger partial charge is 0.443 e. The number of carbonyl (C=O) groups is 3. The monoisotopic (exact) mass is 423 g/mol. The third-order valence-electron chi connectivity index (χ3n) is 4.54. The van der Waals surface area contributed by atoms with Crippen LogP contribution in [0.4, 0.5) is 10.5 Å². The highest BCUT2D eigenvalue weighted by molar-refractivity contribution is 7.99. The van der Waals surface area contributed by atoms with E-state index in [4.69, 9.17) is 10.5 Å². The van der Waals surface area contributed by atoms with Crippen molar-refractivity contribution in [3.05, 3.63) is 28.8 Å². The van der Waals surface area contributed by atoms with Crippen LogP contribution in [0.5, 0.6) is 0 Å². The van der Waals surface area contributed by atoms with Crippen molar-refractivity contribution in [1.82, 2.24) is 4.72 Å². The van der Waals surface area contributed by atoms with Gasteiger partial charge in [-0.15, -0.1) is 0 Å². The molecule has 162 valence electrons. The molecular weight excluding hydrogens is 390 g/mol. The number of carbonyl (C=O) groups excluding carboxylic acids is 3. The van der Waals surface area contributed by atoms with Crippen molar-refractivity contribution in [2.45, 2.75) is 78.7 Å². The summed E-state index contributed by atoms with van der Waals surface area (Å²) in [5.74, 6) is -0.856. The molecule has 3 amide bonds. The van der Waals surface area contributed by atoms with Gasteiger partial charge in [0.15, 0.2) is 0 Å². The molecule has 0 spiro atoms. The van der Waals surface area contributed by atoms with E-state index in [1.54, 1.807) is 40.7 Å². The molecule has 8 heteroatoms. The fraction of sp³-hybridized carbons (Fsp3) is 0.571. The summed E-state index contributed by atoms with van der Waals surface area (Å²) in [6.07, 6.45) is -0.787. The van der Waals surface area contributed by atoms with E-state index in [2.05, 4.69) is 4.72 Å². The summed E-state index contributed by atoms with van der Waals surface area (Å²) in [5.41, 5.74) is 8.74.